The Kier molecular flexibility index (Phi) is 4.71. The van der Waals surface area contributed by atoms with Crippen LogP contribution in [0.1, 0.15) is 18.4 Å². The van der Waals surface area contributed by atoms with Crippen LogP contribution < -0.4 is 4.18 Å². The Morgan fingerprint density at radius 1 is 1.40 bits per heavy atom. The summed E-state index contributed by atoms with van der Waals surface area (Å²) in [5.41, 5.74) is -0.768. The summed E-state index contributed by atoms with van der Waals surface area (Å²) in [5, 5.41) is 15.3. The van der Waals surface area contributed by atoms with E-state index in [0.29, 0.717) is 18.4 Å². The number of halogens is 2. The molecule has 1 fully saturated rings. The van der Waals surface area contributed by atoms with E-state index in [9.17, 15) is 13.5 Å². The Morgan fingerprint density at radius 3 is 2.64 bits per heavy atom. The smallest absolute Gasteiger partial charge is 0.386 e. The molecule has 1 unspecified atom stereocenters. The molecule has 11 heteroatoms. The fourth-order valence-corrected chi connectivity index (χ4v) is 3.48. The first kappa shape index (κ1) is 18.4. The molecular formula is C14H15Cl2N3O5S. The molecule has 0 bridgehead atoms. The van der Waals surface area contributed by atoms with Gasteiger partial charge < -0.3 is 9.29 Å². The van der Waals surface area contributed by atoms with E-state index in [2.05, 4.69) is 14.3 Å². The average Bonchev–Trinajstić information content (AvgIpc) is 3.05. The highest BCUT2D eigenvalue weighted by molar-refractivity contribution is 7.81. The molecule has 2 aromatic rings. The van der Waals surface area contributed by atoms with Crippen molar-refractivity contribution in [2.75, 3.05) is 0 Å². The molecule has 3 rings (SSSR count). The van der Waals surface area contributed by atoms with E-state index in [1.165, 1.54) is 35.5 Å². The fraction of sp³-hybridized carbons (Fsp3) is 0.429. The van der Waals surface area contributed by atoms with Gasteiger partial charge in [-0.2, -0.15) is 13.5 Å². The molecule has 1 aliphatic rings. The van der Waals surface area contributed by atoms with Crippen LogP contribution >= 0.6 is 23.2 Å². The summed E-state index contributed by atoms with van der Waals surface area (Å²) in [6, 6.07) is 4.09. The second-order valence-electron chi connectivity index (χ2n) is 6.03. The highest BCUT2D eigenvalue weighted by Gasteiger charge is 2.58. The zero-order chi connectivity index (χ0) is 18.3. The summed E-state index contributed by atoms with van der Waals surface area (Å²) in [7, 11) is -4.64. The first-order valence-corrected chi connectivity index (χ1v) is 9.41. The van der Waals surface area contributed by atoms with Crippen molar-refractivity contribution in [3.8, 4) is 5.75 Å². The summed E-state index contributed by atoms with van der Waals surface area (Å²) >= 11 is 12.7. The van der Waals surface area contributed by atoms with Crippen LogP contribution in [0.2, 0.25) is 5.02 Å². The zero-order valence-electron chi connectivity index (χ0n) is 12.8. The molecule has 0 spiro atoms. The van der Waals surface area contributed by atoms with Crippen molar-refractivity contribution in [1.29, 1.82) is 0 Å². The average molecular weight is 408 g/mol. The molecule has 1 aromatic heterocycles. The van der Waals surface area contributed by atoms with Crippen molar-refractivity contribution in [3.63, 3.8) is 0 Å². The standard InChI is InChI=1S/C14H15Cl2N3O5S/c15-12-5-11(24-25(21,22)23)2-1-10(12)6-14(20,13(16)3-4-13)7-19-9-17-8-18-19/h1-2,5,8-9,20H,3-4,6-7H2,(H,21,22,23). The molecule has 8 nitrogen and oxygen atoms in total. The Hall–Kier alpha value is -1.39. The van der Waals surface area contributed by atoms with Crippen molar-refractivity contribution >= 4 is 33.6 Å². The van der Waals surface area contributed by atoms with Gasteiger partial charge in [-0.3, -0.25) is 4.55 Å². The van der Waals surface area contributed by atoms with Crippen LogP contribution in [0.4, 0.5) is 0 Å². The van der Waals surface area contributed by atoms with Crippen LogP contribution in [0.3, 0.4) is 0 Å². The first-order chi connectivity index (χ1) is 11.6. The molecular weight excluding hydrogens is 393 g/mol. The third-order valence-electron chi connectivity index (χ3n) is 4.12. The summed E-state index contributed by atoms with van der Waals surface area (Å²) in [6.45, 7) is 0.135. The van der Waals surface area contributed by atoms with Gasteiger partial charge in [0.15, 0.2) is 0 Å². The van der Waals surface area contributed by atoms with Gasteiger partial charge in [-0.25, -0.2) is 9.67 Å². The number of aliphatic hydroxyl groups is 1. The molecule has 25 heavy (non-hydrogen) atoms. The topological polar surface area (TPSA) is 115 Å². The second-order valence-corrected chi connectivity index (χ2v) is 8.18. The largest absolute Gasteiger partial charge is 0.446 e. The van der Waals surface area contributed by atoms with Crippen LogP contribution in [0.15, 0.2) is 30.9 Å². The second kappa shape index (κ2) is 6.40. The van der Waals surface area contributed by atoms with Crippen molar-refractivity contribution in [1.82, 2.24) is 14.8 Å². The molecule has 2 N–H and O–H groups in total. The van der Waals surface area contributed by atoms with Crippen molar-refractivity contribution in [2.24, 2.45) is 0 Å². The van der Waals surface area contributed by atoms with Crippen molar-refractivity contribution in [3.05, 3.63) is 41.4 Å². The summed E-state index contributed by atoms with van der Waals surface area (Å²) in [5.74, 6) is -0.136. The summed E-state index contributed by atoms with van der Waals surface area (Å²) < 4.78 is 36.1. The van der Waals surface area contributed by atoms with E-state index in [4.69, 9.17) is 27.8 Å². The van der Waals surface area contributed by atoms with Crippen LogP contribution in [0, 0.1) is 0 Å². The lowest BCUT2D eigenvalue weighted by molar-refractivity contribution is 0.00765. The molecule has 0 amide bonds. The molecule has 1 aliphatic carbocycles. The minimum atomic E-state index is -4.64. The number of hydrogen-bond donors (Lipinski definition) is 2. The minimum Gasteiger partial charge on any atom is -0.386 e. The van der Waals surface area contributed by atoms with E-state index >= 15 is 0 Å². The van der Waals surface area contributed by atoms with E-state index in [0.717, 1.165) is 0 Å². The Bertz CT molecular complexity index is 871. The molecule has 1 heterocycles. The van der Waals surface area contributed by atoms with Gasteiger partial charge in [-0.15, -0.1) is 11.6 Å². The lowest BCUT2D eigenvalue weighted by Crippen LogP contribution is -2.47. The lowest BCUT2D eigenvalue weighted by atomic mass is 9.89. The predicted octanol–water partition coefficient (Wildman–Crippen LogP) is 1.86. The molecule has 0 aliphatic heterocycles. The monoisotopic (exact) mass is 407 g/mol. The number of aromatic nitrogens is 3. The van der Waals surface area contributed by atoms with Crippen molar-refractivity contribution < 1.29 is 22.3 Å². The van der Waals surface area contributed by atoms with Crippen LogP contribution in [0.25, 0.3) is 0 Å². The van der Waals surface area contributed by atoms with Gasteiger partial charge in [0.1, 0.15) is 24.0 Å². The van der Waals surface area contributed by atoms with Crippen LogP contribution in [-0.4, -0.2) is 43.3 Å². The van der Waals surface area contributed by atoms with Gasteiger partial charge in [0.25, 0.3) is 0 Å². The third-order valence-corrected chi connectivity index (χ3v) is 5.61. The fourth-order valence-electron chi connectivity index (χ4n) is 2.67. The maximum absolute atomic E-state index is 11.2. The minimum absolute atomic E-state index is 0.126. The lowest BCUT2D eigenvalue weighted by Gasteiger charge is -2.33. The summed E-state index contributed by atoms with van der Waals surface area (Å²) in [6.07, 6.45) is 4.28. The van der Waals surface area contributed by atoms with Gasteiger partial charge in [-0.1, -0.05) is 17.7 Å². The maximum Gasteiger partial charge on any atom is 0.446 e. The van der Waals surface area contributed by atoms with Gasteiger partial charge >= 0.3 is 10.4 Å². The molecule has 1 saturated carbocycles. The summed E-state index contributed by atoms with van der Waals surface area (Å²) in [4.78, 5) is 3.07. The molecule has 1 aromatic carbocycles. The Morgan fingerprint density at radius 2 is 2.12 bits per heavy atom. The highest BCUT2D eigenvalue weighted by atomic mass is 35.5. The highest BCUT2D eigenvalue weighted by Crippen LogP contribution is 2.53. The van der Waals surface area contributed by atoms with E-state index in [-0.39, 0.29) is 23.7 Å². The molecule has 0 saturated heterocycles. The Balaban J connectivity index is 1.85. The third kappa shape index (κ3) is 4.24. The van der Waals surface area contributed by atoms with Crippen LogP contribution in [-0.2, 0) is 23.4 Å². The van der Waals surface area contributed by atoms with Gasteiger partial charge in [0.05, 0.1) is 11.4 Å². The SMILES string of the molecule is O=S(=O)(O)Oc1ccc(CC(O)(Cn2cncn2)C2(Cl)CC2)c(Cl)c1. The number of nitrogens with zero attached hydrogens (tertiary/aromatic N) is 3. The Labute approximate surface area is 154 Å². The van der Waals surface area contributed by atoms with E-state index in [1.807, 2.05) is 0 Å². The number of hydrogen-bond acceptors (Lipinski definition) is 6. The molecule has 1 atom stereocenters. The van der Waals surface area contributed by atoms with E-state index in [1.54, 1.807) is 0 Å². The van der Waals surface area contributed by atoms with Crippen LogP contribution in [0.5, 0.6) is 5.75 Å². The maximum atomic E-state index is 11.2. The normalized spacial score (nSPS) is 18.6. The van der Waals surface area contributed by atoms with Gasteiger partial charge in [0, 0.05) is 17.5 Å². The quantitative estimate of drug-likeness (QED) is 0.531. The first-order valence-electron chi connectivity index (χ1n) is 7.29. The number of benzene rings is 1. The van der Waals surface area contributed by atoms with Gasteiger partial charge in [-0.05, 0) is 24.5 Å². The molecule has 0 radical (unpaired) electrons. The molecule has 136 valence electrons. The van der Waals surface area contributed by atoms with E-state index < -0.39 is 20.9 Å². The van der Waals surface area contributed by atoms with Crippen molar-refractivity contribution in [2.45, 2.75) is 36.3 Å². The van der Waals surface area contributed by atoms with Gasteiger partial charge in [0.2, 0.25) is 0 Å². The predicted molar refractivity (Wildman–Crippen MR) is 90.1 cm³/mol. The number of rotatable bonds is 7. The zero-order valence-corrected chi connectivity index (χ0v) is 15.2. The number of alkyl halides is 1.